The third-order valence-electron chi connectivity index (χ3n) is 3.63. The van der Waals surface area contributed by atoms with E-state index in [1.54, 1.807) is 0 Å². The van der Waals surface area contributed by atoms with E-state index in [2.05, 4.69) is 17.0 Å². The summed E-state index contributed by atoms with van der Waals surface area (Å²) in [7, 11) is 0. The van der Waals surface area contributed by atoms with Crippen molar-refractivity contribution in [2.75, 3.05) is 6.61 Å². The van der Waals surface area contributed by atoms with E-state index in [1.807, 2.05) is 18.2 Å². The van der Waals surface area contributed by atoms with Crippen molar-refractivity contribution in [2.45, 2.75) is 26.2 Å². The Morgan fingerprint density at radius 2 is 1.88 bits per heavy atom. The molecule has 1 aliphatic carbocycles. The molecule has 3 N–H and O–H groups in total. The molecule has 1 unspecified atom stereocenters. The second-order valence-corrected chi connectivity index (χ2v) is 5.68. The van der Waals surface area contributed by atoms with Crippen molar-refractivity contribution in [3.63, 3.8) is 0 Å². The van der Waals surface area contributed by atoms with E-state index in [4.69, 9.17) is 15.5 Å². The maximum Gasteiger partial charge on any atom is 0.331 e. The molecule has 0 saturated heterocycles. The Bertz CT molecular complexity index is 605. The van der Waals surface area contributed by atoms with Gasteiger partial charge in [0.2, 0.25) is 0 Å². The third kappa shape index (κ3) is 6.36. The molecule has 0 aliphatic heterocycles. The maximum atomic E-state index is 10.8. The zero-order valence-corrected chi connectivity index (χ0v) is 13.5. The lowest BCUT2D eigenvalue weighted by molar-refractivity contribution is -0.242. The molecule has 0 heterocycles. The van der Waals surface area contributed by atoms with Gasteiger partial charge in [0.15, 0.2) is 0 Å². The molecular formula is C18H22O6. The minimum absolute atomic E-state index is 0.0359. The Hall–Kier alpha value is -2.44. The van der Waals surface area contributed by atoms with Gasteiger partial charge in [-0.1, -0.05) is 48.6 Å². The van der Waals surface area contributed by atoms with Gasteiger partial charge in [0.1, 0.15) is 0 Å². The second-order valence-electron chi connectivity index (χ2n) is 5.68. The van der Waals surface area contributed by atoms with Gasteiger partial charge >= 0.3 is 11.9 Å². The monoisotopic (exact) mass is 334 g/mol. The molecule has 2 rings (SSSR count). The molecule has 0 radical (unpaired) electrons. The van der Waals surface area contributed by atoms with Crippen LogP contribution in [0.1, 0.15) is 25.3 Å². The predicted octanol–water partition coefficient (Wildman–Crippen LogP) is 3.16. The summed E-state index contributed by atoms with van der Waals surface area (Å²) < 4.78 is 0. The fourth-order valence-electron chi connectivity index (χ4n) is 2.17. The van der Waals surface area contributed by atoms with Crippen LogP contribution in [0, 0.1) is 5.41 Å². The second kappa shape index (κ2) is 9.64. The van der Waals surface area contributed by atoms with Gasteiger partial charge in [0.05, 0.1) is 12.0 Å². The highest BCUT2D eigenvalue weighted by Crippen LogP contribution is 2.31. The lowest BCUT2D eigenvalue weighted by atomic mass is 9.80. The Balaban J connectivity index is 0.000000243. The molecular weight excluding hydrogens is 312 g/mol. The van der Waals surface area contributed by atoms with Gasteiger partial charge in [-0.2, -0.15) is 0 Å². The first kappa shape index (κ1) is 19.6. The van der Waals surface area contributed by atoms with Crippen LogP contribution in [-0.4, -0.2) is 34.0 Å². The number of carboxylic acid groups (broad SMARTS) is 2. The van der Waals surface area contributed by atoms with Crippen LogP contribution in [0.25, 0.3) is 0 Å². The number of aryl methyl sites for hydroxylation is 1. The average molecular weight is 334 g/mol. The summed E-state index contributed by atoms with van der Waals surface area (Å²) in [4.78, 5) is 25.3. The summed E-state index contributed by atoms with van der Waals surface area (Å²) in [6, 6.07) is 10.1. The van der Waals surface area contributed by atoms with Crippen LogP contribution in [0.2, 0.25) is 0 Å². The van der Waals surface area contributed by atoms with Gasteiger partial charge in [-0.05, 0) is 31.7 Å². The summed E-state index contributed by atoms with van der Waals surface area (Å²) >= 11 is 0. The van der Waals surface area contributed by atoms with Crippen molar-refractivity contribution >= 4 is 11.9 Å². The first-order valence-corrected chi connectivity index (χ1v) is 7.54. The number of carboxylic acids is 2. The molecule has 0 bridgehead atoms. The minimum atomic E-state index is -1.08. The normalized spacial score (nSPS) is 19.0. The zero-order valence-electron chi connectivity index (χ0n) is 13.5. The zero-order chi connectivity index (χ0) is 18.0. The van der Waals surface area contributed by atoms with Crippen LogP contribution in [0.15, 0.2) is 54.1 Å². The van der Waals surface area contributed by atoms with Crippen LogP contribution < -0.4 is 0 Å². The summed E-state index contributed by atoms with van der Waals surface area (Å²) in [5, 5.41) is 25.5. The largest absolute Gasteiger partial charge is 0.481 e. The number of rotatable bonds is 6. The van der Waals surface area contributed by atoms with Crippen molar-refractivity contribution < 1.29 is 29.9 Å². The molecule has 0 amide bonds. The molecule has 130 valence electrons. The van der Waals surface area contributed by atoms with Gasteiger partial charge in [-0.3, -0.25) is 10.1 Å². The van der Waals surface area contributed by atoms with E-state index in [1.165, 1.54) is 30.7 Å². The standard InChI is InChI=1S/C9H10O4.C9H12O2/c1-9(8(12)13)4-2-3-6(5-9)7(10)11;10-11-8-4-7-9-5-2-1-3-6-9/h2-4H,5H2,1H3,(H,10,11)(H,12,13);1-3,5-6,10H,4,7-8H2. The Kier molecular flexibility index (Phi) is 7.88. The van der Waals surface area contributed by atoms with Gasteiger partial charge in [0, 0.05) is 5.57 Å². The van der Waals surface area contributed by atoms with Crippen LogP contribution in [0.5, 0.6) is 0 Å². The van der Waals surface area contributed by atoms with Crippen LogP contribution in [0.4, 0.5) is 0 Å². The minimum Gasteiger partial charge on any atom is -0.481 e. The van der Waals surface area contributed by atoms with E-state index in [0.29, 0.717) is 6.61 Å². The van der Waals surface area contributed by atoms with Gasteiger partial charge in [-0.15, -0.1) is 0 Å². The SMILES string of the molecule is CC1(C(=O)O)C=CC=C(C(=O)O)C1.OOCCCc1ccccc1. The van der Waals surface area contributed by atoms with Gasteiger partial charge in [-0.25, -0.2) is 9.68 Å². The molecule has 1 atom stereocenters. The van der Waals surface area contributed by atoms with Crippen LogP contribution in [0.3, 0.4) is 0 Å². The number of allylic oxidation sites excluding steroid dienone is 2. The maximum absolute atomic E-state index is 10.8. The van der Waals surface area contributed by atoms with E-state index < -0.39 is 17.4 Å². The van der Waals surface area contributed by atoms with E-state index >= 15 is 0 Å². The van der Waals surface area contributed by atoms with Crippen molar-refractivity contribution in [3.8, 4) is 0 Å². The highest BCUT2D eigenvalue weighted by molar-refractivity contribution is 5.90. The van der Waals surface area contributed by atoms with E-state index in [9.17, 15) is 9.59 Å². The molecule has 0 saturated carbocycles. The smallest absolute Gasteiger partial charge is 0.331 e. The number of benzene rings is 1. The van der Waals surface area contributed by atoms with Gasteiger partial charge in [0.25, 0.3) is 0 Å². The van der Waals surface area contributed by atoms with E-state index in [-0.39, 0.29) is 12.0 Å². The predicted molar refractivity (Wildman–Crippen MR) is 88.6 cm³/mol. The number of carbonyl (C=O) groups is 2. The van der Waals surface area contributed by atoms with Crippen molar-refractivity contribution in [2.24, 2.45) is 5.41 Å². The molecule has 1 aromatic rings. The quantitative estimate of drug-likeness (QED) is 0.419. The van der Waals surface area contributed by atoms with Crippen LogP contribution >= 0.6 is 0 Å². The van der Waals surface area contributed by atoms with Crippen molar-refractivity contribution in [3.05, 3.63) is 59.7 Å². The average Bonchev–Trinajstić information content (AvgIpc) is 2.56. The van der Waals surface area contributed by atoms with Crippen LogP contribution in [-0.2, 0) is 20.9 Å². The Morgan fingerprint density at radius 1 is 1.21 bits per heavy atom. The fraction of sp³-hybridized carbons (Fsp3) is 0.333. The van der Waals surface area contributed by atoms with Gasteiger partial charge < -0.3 is 10.2 Å². The lowest BCUT2D eigenvalue weighted by Crippen LogP contribution is -2.28. The van der Waals surface area contributed by atoms with E-state index in [0.717, 1.165) is 12.8 Å². The highest BCUT2D eigenvalue weighted by Gasteiger charge is 2.34. The molecule has 6 heteroatoms. The Labute approximate surface area is 140 Å². The first-order chi connectivity index (χ1) is 11.4. The molecule has 0 fully saturated rings. The van der Waals surface area contributed by atoms with Crippen molar-refractivity contribution in [1.82, 2.24) is 0 Å². The fourth-order valence-corrected chi connectivity index (χ4v) is 2.17. The van der Waals surface area contributed by atoms with Crippen molar-refractivity contribution in [1.29, 1.82) is 0 Å². The summed E-state index contributed by atoms with van der Waals surface area (Å²) in [6.07, 6.45) is 6.26. The number of aliphatic carboxylic acids is 2. The topological polar surface area (TPSA) is 104 Å². The molecule has 6 nitrogen and oxygen atoms in total. The Morgan fingerprint density at radius 3 is 2.42 bits per heavy atom. The number of hydrogen-bond acceptors (Lipinski definition) is 4. The first-order valence-electron chi connectivity index (χ1n) is 7.54. The lowest BCUT2D eigenvalue weighted by Gasteiger charge is -2.23. The third-order valence-corrected chi connectivity index (χ3v) is 3.63. The summed E-state index contributed by atoms with van der Waals surface area (Å²) in [5.74, 6) is -2.06. The molecule has 0 aromatic heterocycles. The summed E-state index contributed by atoms with van der Waals surface area (Å²) in [6.45, 7) is 1.91. The highest BCUT2D eigenvalue weighted by atomic mass is 17.1. The number of hydrogen-bond donors (Lipinski definition) is 3. The molecule has 1 aromatic carbocycles. The summed E-state index contributed by atoms with van der Waals surface area (Å²) in [5.41, 5.74) is 0.333. The molecule has 0 spiro atoms. The molecule has 24 heavy (non-hydrogen) atoms. The molecule has 1 aliphatic rings.